The number of rotatable bonds is 5. The first-order chi connectivity index (χ1) is 13.0. The molecule has 28 heavy (non-hydrogen) atoms. The topological polar surface area (TPSA) is 73.8 Å². The number of hydrogen-bond acceptors (Lipinski definition) is 4. The van der Waals surface area contributed by atoms with Gasteiger partial charge in [0.25, 0.3) is 0 Å². The fraction of sp³-hybridized carbons (Fsp3) is 0.350. The Morgan fingerprint density at radius 1 is 1.14 bits per heavy atom. The summed E-state index contributed by atoms with van der Waals surface area (Å²) in [5, 5.41) is 6.77. The van der Waals surface area contributed by atoms with E-state index in [0.717, 1.165) is 31.0 Å². The minimum absolute atomic E-state index is 0. The Morgan fingerprint density at radius 2 is 1.82 bits per heavy atom. The van der Waals surface area contributed by atoms with Gasteiger partial charge in [-0.2, -0.15) is 0 Å². The number of benzene rings is 2. The molecule has 1 aliphatic rings. The molecule has 2 aromatic carbocycles. The molecule has 1 atom stereocenters. The van der Waals surface area contributed by atoms with Gasteiger partial charge in [-0.3, -0.25) is 4.99 Å². The average Bonchev–Trinajstić information content (AvgIpc) is 3.14. The van der Waals surface area contributed by atoms with Gasteiger partial charge in [-0.05, 0) is 36.2 Å². The zero-order valence-corrected chi connectivity index (χ0v) is 19.3. The monoisotopic (exact) mass is 514 g/mol. The lowest BCUT2D eigenvalue weighted by atomic mass is 10.2. The lowest BCUT2D eigenvalue weighted by molar-refractivity contribution is 0.602. The van der Waals surface area contributed by atoms with Crippen molar-refractivity contribution in [3.63, 3.8) is 0 Å². The number of guanidine groups is 1. The van der Waals surface area contributed by atoms with Crippen LogP contribution in [0, 0.1) is 0 Å². The van der Waals surface area contributed by atoms with Crippen molar-refractivity contribution in [3.8, 4) is 0 Å². The van der Waals surface area contributed by atoms with Crippen LogP contribution in [0.1, 0.15) is 12.0 Å². The number of nitrogens with one attached hydrogen (secondary N) is 2. The molecule has 0 bridgehead atoms. The van der Waals surface area contributed by atoms with Crippen molar-refractivity contribution in [2.75, 3.05) is 31.3 Å². The number of anilines is 1. The number of sulfone groups is 1. The number of aliphatic imine (C=N–C) groups is 1. The molecule has 6 nitrogen and oxygen atoms in total. The van der Waals surface area contributed by atoms with E-state index in [-0.39, 0.29) is 24.0 Å². The molecule has 8 heteroatoms. The quantitative estimate of drug-likeness (QED) is 0.365. The van der Waals surface area contributed by atoms with Crippen molar-refractivity contribution in [2.24, 2.45) is 4.99 Å². The first-order valence-corrected chi connectivity index (χ1v) is 10.9. The summed E-state index contributed by atoms with van der Waals surface area (Å²) in [6.07, 6.45) is 2.27. The van der Waals surface area contributed by atoms with E-state index in [9.17, 15) is 8.42 Å². The summed E-state index contributed by atoms with van der Waals surface area (Å²) < 4.78 is 23.1. The Kier molecular flexibility index (Phi) is 8.11. The lowest BCUT2D eigenvalue weighted by Crippen LogP contribution is -2.44. The molecule has 1 heterocycles. The van der Waals surface area contributed by atoms with E-state index < -0.39 is 9.84 Å². The van der Waals surface area contributed by atoms with Gasteiger partial charge in [0, 0.05) is 44.7 Å². The first-order valence-electron chi connectivity index (χ1n) is 9.02. The van der Waals surface area contributed by atoms with Crippen LogP contribution in [0.15, 0.2) is 64.5 Å². The van der Waals surface area contributed by atoms with Crippen LogP contribution < -0.4 is 15.5 Å². The maximum absolute atomic E-state index is 11.5. The molecule has 1 fully saturated rings. The third-order valence-electron chi connectivity index (χ3n) is 4.69. The zero-order valence-electron chi connectivity index (χ0n) is 16.1. The molecule has 0 saturated carbocycles. The molecule has 1 unspecified atom stereocenters. The molecule has 0 aromatic heterocycles. The van der Waals surface area contributed by atoms with Crippen LogP contribution in [0.3, 0.4) is 0 Å². The van der Waals surface area contributed by atoms with Crippen LogP contribution in [-0.2, 0) is 16.4 Å². The number of hydrogen-bond donors (Lipinski definition) is 2. The molecular formula is C20H27IN4O2S. The van der Waals surface area contributed by atoms with Crippen molar-refractivity contribution in [2.45, 2.75) is 23.9 Å². The fourth-order valence-corrected chi connectivity index (χ4v) is 3.81. The molecule has 0 spiro atoms. The summed E-state index contributed by atoms with van der Waals surface area (Å²) in [4.78, 5) is 7.01. The SMILES string of the molecule is CN=C(NCc1ccc(S(C)(=O)=O)cc1)NC1CCN(c2ccccc2)C1.I. The first kappa shape index (κ1) is 22.5. The lowest BCUT2D eigenvalue weighted by Gasteiger charge is -2.20. The van der Waals surface area contributed by atoms with E-state index in [2.05, 4.69) is 44.8 Å². The summed E-state index contributed by atoms with van der Waals surface area (Å²) >= 11 is 0. The van der Waals surface area contributed by atoms with Gasteiger partial charge in [0.1, 0.15) is 0 Å². The standard InChI is InChI=1S/C20H26N4O2S.HI/c1-21-20(22-14-16-8-10-19(11-9-16)27(2,25)26)23-17-12-13-24(15-17)18-6-4-3-5-7-18;/h3-11,17H,12-15H2,1-2H3,(H2,21,22,23);1H. The van der Waals surface area contributed by atoms with Gasteiger partial charge in [-0.15, -0.1) is 24.0 Å². The second-order valence-electron chi connectivity index (χ2n) is 6.75. The van der Waals surface area contributed by atoms with E-state index in [1.807, 2.05) is 18.2 Å². The van der Waals surface area contributed by atoms with E-state index >= 15 is 0 Å². The van der Waals surface area contributed by atoms with E-state index in [1.54, 1.807) is 19.2 Å². The molecule has 1 saturated heterocycles. The van der Waals surface area contributed by atoms with Crippen LogP contribution >= 0.6 is 24.0 Å². The number of halogens is 1. The number of para-hydroxylation sites is 1. The highest BCUT2D eigenvalue weighted by Crippen LogP contribution is 2.19. The average molecular weight is 514 g/mol. The predicted octanol–water partition coefficient (Wildman–Crippen LogP) is 2.65. The Morgan fingerprint density at radius 3 is 2.43 bits per heavy atom. The van der Waals surface area contributed by atoms with Crippen molar-refractivity contribution < 1.29 is 8.42 Å². The van der Waals surface area contributed by atoms with Crippen molar-refractivity contribution in [3.05, 3.63) is 60.2 Å². The zero-order chi connectivity index (χ0) is 19.3. The summed E-state index contributed by atoms with van der Waals surface area (Å²) in [5.41, 5.74) is 2.25. The Bertz CT molecular complexity index is 886. The maximum atomic E-state index is 11.5. The maximum Gasteiger partial charge on any atom is 0.191 e. The van der Waals surface area contributed by atoms with Gasteiger partial charge in [0.05, 0.1) is 4.90 Å². The summed E-state index contributed by atoms with van der Waals surface area (Å²) in [7, 11) is -1.40. The second kappa shape index (κ2) is 10.1. The highest BCUT2D eigenvalue weighted by Gasteiger charge is 2.23. The Hall–Kier alpha value is -1.81. The van der Waals surface area contributed by atoms with Crippen molar-refractivity contribution in [1.29, 1.82) is 0 Å². The molecule has 3 rings (SSSR count). The second-order valence-corrected chi connectivity index (χ2v) is 8.77. The summed E-state index contributed by atoms with van der Waals surface area (Å²) in [6.45, 7) is 2.54. The third-order valence-corrected chi connectivity index (χ3v) is 5.81. The minimum atomic E-state index is -3.16. The minimum Gasteiger partial charge on any atom is -0.369 e. The molecule has 152 valence electrons. The molecule has 2 N–H and O–H groups in total. The largest absolute Gasteiger partial charge is 0.369 e. The fourth-order valence-electron chi connectivity index (χ4n) is 3.18. The Balaban J connectivity index is 0.00000280. The van der Waals surface area contributed by atoms with Gasteiger partial charge in [-0.1, -0.05) is 30.3 Å². The highest BCUT2D eigenvalue weighted by atomic mass is 127. The predicted molar refractivity (Wildman–Crippen MR) is 125 cm³/mol. The normalized spacial score (nSPS) is 17.1. The van der Waals surface area contributed by atoms with Gasteiger partial charge in [0.2, 0.25) is 0 Å². The summed E-state index contributed by atoms with van der Waals surface area (Å²) in [6, 6.07) is 17.7. The molecule has 0 amide bonds. The van der Waals surface area contributed by atoms with Gasteiger partial charge in [0.15, 0.2) is 15.8 Å². The van der Waals surface area contributed by atoms with E-state index in [4.69, 9.17) is 0 Å². The molecule has 0 aliphatic carbocycles. The highest BCUT2D eigenvalue weighted by molar-refractivity contribution is 14.0. The van der Waals surface area contributed by atoms with Crippen LogP contribution in [0.2, 0.25) is 0 Å². The van der Waals surface area contributed by atoms with E-state index in [1.165, 1.54) is 11.9 Å². The summed E-state index contributed by atoms with van der Waals surface area (Å²) in [5.74, 6) is 0.752. The smallest absolute Gasteiger partial charge is 0.191 e. The Labute approximate surface area is 184 Å². The van der Waals surface area contributed by atoms with Gasteiger partial charge < -0.3 is 15.5 Å². The third kappa shape index (κ3) is 6.10. The number of nitrogens with zero attached hydrogens (tertiary/aromatic N) is 2. The van der Waals surface area contributed by atoms with Gasteiger partial charge in [-0.25, -0.2) is 8.42 Å². The molecule has 0 radical (unpaired) electrons. The van der Waals surface area contributed by atoms with Crippen LogP contribution in [-0.4, -0.2) is 46.8 Å². The molecule has 2 aromatic rings. The molecule has 1 aliphatic heterocycles. The van der Waals surface area contributed by atoms with Crippen LogP contribution in [0.5, 0.6) is 0 Å². The van der Waals surface area contributed by atoms with Gasteiger partial charge >= 0.3 is 0 Å². The van der Waals surface area contributed by atoms with E-state index in [0.29, 0.717) is 17.5 Å². The van der Waals surface area contributed by atoms with Crippen molar-refractivity contribution in [1.82, 2.24) is 10.6 Å². The molecular weight excluding hydrogens is 487 g/mol. The van der Waals surface area contributed by atoms with Crippen LogP contribution in [0.4, 0.5) is 5.69 Å². The van der Waals surface area contributed by atoms with Crippen molar-refractivity contribution >= 4 is 45.5 Å². The van der Waals surface area contributed by atoms with Crippen LogP contribution in [0.25, 0.3) is 0 Å².